The maximum absolute atomic E-state index is 12.9. The smallest absolute Gasteiger partial charge is 0.332 e. The number of anilines is 2. The Morgan fingerprint density at radius 1 is 1.23 bits per heavy atom. The zero-order chi connectivity index (χ0) is 22.4. The first kappa shape index (κ1) is 21.0. The molecule has 1 aliphatic rings. The van der Waals surface area contributed by atoms with Crippen molar-refractivity contribution in [2.75, 3.05) is 30.5 Å². The van der Waals surface area contributed by atoms with Gasteiger partial charge in [0.15, 0.2) is 11.2 Å². The first-order valence-corrected chi connectivity index (χ1v) is 10.2. The fourth-order valence-electron chi connectivity index (χ4n) is 3.69. The van der Waals surface area contributed by atoms with E-state index >= 15 is 0 Å². The molecule has 0 saturated carbocycles. The molecule has 0 fully saturated rings. The average molecular weight is 446 g/mol. The monoisotopic (exact) mass is 445 g/mol. The Morgan fingerprint density at radius 3 is 2.65 bits per heavy atom. The van der Waals surface area contributed by atoms with E-state index in [-0.39, 0.29) is 11.6 Å². The Hall–Kier alpha value is -3.27. The molecule has 0 spiro atoms. The maximum atomic E-state index is 12.9. The Kier molecular flexibility index (Phi) is 5.26. The summed E-state index contributed by atoms with van der Waals surface area (Å²) in [6.07, 6.45) is 0. The number of imidazole rings is 1. The van der Waals surface area contributed by atoms with E-state index in [0.29, 0.717) is 41.0 Å². The molecule has 0 aliphatic carbocycles. The average Bonchev–Trinajstić information content (AvgIpc) is 3.15. The molecule has 3 heterocycles. The predicted molar refractivity (Wildman–Crippen MR) is 122 cm³/mol. The van der Waals surface area contributed by atoms with Gasteiger partial charge < -0.3 is 10.1 Å². The summed E-state index contributed by atoms with van der Waals surface area (Å²) in [5.41, 5.74) is 1.64. The van der Waals surface area contributed by atoms with Crippen molar-refractivity contribution in [1.82, 2.24) is 18.7 Å². The quantitative estimate of drug-likeness (QED) is 0.644. The second-order valence-corrected chi connectivity index (χ2v) is 7.88. The van der Waals surface area contributed by atoms with Crippen molar-refractivity contribution >= 4 is 40.1 Å². The van der Waals surface area contributed by atoms with Crippen LogP contribution in [0, 0.1) is 0 Å². The highest BCUT2D eigenvalue weighted by molar-refractivity contribution is 6.32. The minimum atomic E-state index is -0.414. The summed E-state index contributed by atoms with van der Waals surface area (Å²) >= 11 is 6.19. The number of rotatable bonds is 5. The third kappa shape index (κ3) is 3.36. The summed E-state index contributed by atoms with van der Waals surface area (Å²) in [6, 6.07) is 5.31. The Balaban J connectivity index is 1.67. The zero-order valence-corrected chi connectivity index (χ0v) is 18.8. The molecule has 0 bridgehead atoms. The number of ether oxygens (including phenoxy) is 1. The number of aromatic nitrogens is 4. The van der Waals surface area contributed by atoms with Gasteiger partial charge >= 0.3 is 5.69 Å². The van der Waals surface area contributed by atoms with Crippen molar-refractivity contribution < 1.29 is 4.74 Å². The van der Waals surface area contributed by atoms with Gasteiger partial charge in [0.25, 0.3) is 5.56 Å². The van der Waals surface area contributed by atoms with E-state index in [9.17, 15) is 9.59 Å². The van der Waals surface area contributed by atoms with Crippen LogP contribution in [0.15, 0.2) is 32.9 Å². The summed E-state index contributed by atoms with van der Waals surface area (Å²) in [7, 11) is 4.65. The number of hydrogen-bond acceptors (Lipinski definition) is 7. The molecule has 1 aromatic carbocycles. The van der Waals surface area contributed by atoms with Crippen LogP contribution in [-0.4, -0.2) is 44.6 Å². The van der Waals surface area contributed by atoms with Crippen LogP contribution in [0.3, 0.4) is 0 Å². The van der Waals surface area contributed by atoms with Crippen molar-refractivity contribution in [2.45, 2.75) is 19.9 Å². The van der Waals surface area contributed by atoms with Crippen molar-refractivity contribution in [2.24, 2.45) is 19.2 Å². The van der Waals surface area contributed by atoms with Crippen LogP contribution in [0.25, 0.3) is 11.2 Å². The van der Waals surface area contributed by atoms with Crippen LogP contribution in [0.1, 0.15) is 19.9 Å². The molecule has 4 rings (SSSR count). The van der Waals surface area contributed by atoms with E-state index in [4.69, 9.17) is 16.3 Å². The van der Waals surface area contributed by atoms with Crippen molar-refractivity contribution in [3.63, 3.8) is 0 Å². The highest BCUT2D eigenvalue weighted by Crippen LogP contribution is 2.30. The van der Waals surface area contributed by atoms with Gasteiger partial charge in [0.1, 0.15) is 5.75 Å². The van der Waals surface area contributed by atoms with Gasteiger partial charge in [-0.1, -0.05) is 11.6 Å². The standard InChI is InChI=1S/C20H24ClN7O3/c1-11-12(2)28-16-17(25(3)20(30)26(4)18(16)29)23-19(28)27(24-11)9-8-22-13-6-7-15(31-5)14(21)10-13/h6-7,10,12,22H,8-9H2,1-5H3. The number of nitrogens with one attached hydrogen (secondary N) is 1. The molecule has 164 valence electrons. The number of hydrazone groups is 1. The molecule has 1 atom stereocenters. The maximum Gasteiger partial charge on any atom is 0.332 e. The van der Waals surface area contributed by atoms with Crippen LogP contribution >= 0.6 is 11.6 Å². The van der Waals surface area contributed by atoms with Crippen LogP contribution in [0.4, 0.5) is 11.6 Å². The molecule has 3 aromatic rings. The molecule has 0 amide bonds. The number of aryl methyl sites for hydroxylation is 1. The summed E-state index contributed by atoms with van der Waals surface area (Å²) < 4.78 is 9.52. The molecule has 11 heteroatoms. The molecule has 0 saturated heterocycles. The summed E-state index contributed by atoms with van der Waals surface area (Å²) in [6.45, 7) is 4.91. The molecule has 0 radical (unpaired) electrons. The number of halogens is 1. The topological polar surface area (TPSA) is 98.7 Å². The molecular formula is C20H24ClN7O3. The van der Waals surface area contributed by atoms with Crippen LogP contribution in [0.5, 0.6) is 5.75 Å². The number of methoxy groups -OCH3 is 1. The molecule has 1 unspecified atom stereocenters. The fourth-order valence-corrected chi connectivity index (χ4v) is 3.95. The minimum Gasteiger partial charge on any atom is -0.495 e. The lowest BCUT2D eigenvalue weighted by molar-refractivity contribution is 0.415. The predicted octanol–water partition coefficient (Wildman–Crippen LogP) is 1.96. The lowest BCUT2D eigenvalue weighted by Crippen LogP contribution is -2.39. The molecule has 1 N–H and O–H groups in total. The SMILES string of the molecule is COc1ccc(NCCN2N=C(C)C(C)n3c2nc2c3c(=O)n(C)c(=O)n2C)cc1Cl. The van der Waals surface area contributed by atoms with Crippen molar-refractivity contribution in [3.05, 3.63) is 44.1 Å². The normalized spacial score (nSPS) is 15.7. The zero-order valence-electron chi connectivity index (χ0n) is 18.0. The third-order valence-corrected chi connectivity index (χ3v) is 5.87. The highest BCUT2D eigenvalue weighted by atomic mass is 35.5. The Morgan fingerprint density at radius 2 is 1.97 bits per heavy atom. The van der Waals surface area contributed by atoms with E-state index in [1.165, 1.54) is 11.6 Å². The Bertz CT molecular complexity index is 1320. The van der Waals surface area contributed by atoms with Gasteiger partial charge in [0, 0.05) is 26.3 Å². The molecule has 2 aromatic heterocycles. The van der Waals surface area contributed by atoms with Crippen LogP contribution in [-0.2, 0) is 14.1 Å². The number of hydrogen-bond donors (Lipinski definition) is 1. The van der Waals surface area contributed by atoms with Gasteiger partial charge in [-0.15, -0.1) is 0 Å². The van der Waals surface area contributed by atoms with Gasteiger partial charge in [0.05, 0.1) is 30.4 Å². The number of nitrogens with zero attached hydrogens (tertiary/aromatic N) is 6. The molecular weight excluding hydrogens is 422 g/mol. The number of fused-ring (bicyclic) bond motifs is 3. The second-order valence-electron chi connectivity index (χ2n) is 7.48. The lowest BCUT2D eigenvalue weighted by atomic mass is 10.2. The van der Waals surface area contributed by atoms with E-state index in [2.05, 4.69) is 15.4 Å². The van der Waals surface area contributed by atoms with Gasteiger partial charge in [0.2, 0.25) is 5.95 Å². The highest BCUT2D eigenvalue weighted by Gasteiger charge is 2.30. The lowest BCUT2D eigenvalue weighted by Gasteiger charge is -2.29. The van der Waals surface area contributed by atoms with Crippen LogP contribution < -0.4 is 26.3 Å². The Labute approximate surface area is 183 Å². The first-order chi connectivity index (χ1) is 14.7. The summed E-state index contributed by atoms with van der Waals surface area (Å²) in [4.78, 5) is 29.8. The first-order valence-electron chi connectivity index (χ1n) is 9.82. The largest absolute Gasteiger partial charge is 0.495 e. The molecule has 1 aliphatic heterocycles. The third-order valence-electron chi connectivity index (χ3n) is 5.58. The molecule has 31 heavy (non-hydrogen) atoms. The number of benzene rings is 1. The van der Waals surface area contributed by atoms with Gasteiger partial charge in [-0.3, -0.25) is 18.5 Å². The van der Waals surface area contributed by atoms with E-state index in [1.807, 2.05) is 24.5 Å². The van der Waals surface area contributed by atoms with E-state index < -0.39 is 5.69 Å². The molecule has 10 nitrogen and oxygen atoms in total. The fraction of sp³-hybridized carbons (Fsp3) is 0.400. The minimum absolute atomic E-state index is 0.158. The summed E-state index contributed by atoms with van der Waals surface area (Å²) in [5.74, 6) is 1.14. The van der Waals surface area contributed by atoms with Gasteiger partial charge in [-0.25, -0.2) is 9.80 Å². The van der Waals surface area contributed by atoms with E-state index in [0.717, 1.165) is 16.0 Å². The van der Waals surface area contributed by atoms with Crippen LogP contribution in [0.2, 0.25) is 5.02 Å². The summed E-state index contributed by atoms with van der Waals surface area (Å²) in [5, 5.41) is 10.2. The van der Waals surface area contributed by atoms with Crippen molar-refractivity contribution in [1.29, 1.82) is 0 Å². The second kappa shape index (κ2) is 7.77. The van der Waals surface area contributed by atoms with Gasteiger partial charge in [-0.05, 0) is 32.0 Å². The van der Waals surface area contributed by atoms with Crippen molar-refractivity contribution in [3.8, 4) is 5.75 Å². The van der Waals surface area contributed by atoms with E-state index in [1.54, 1.807) is 31.3 Å². The van der Waals surface area contributed by atoms with Gasteiger partial charge in [-0.2, -0.15) is 10.1 Å².